The summed E-state index contributed by atoms with van der Waals surface area (Å²) >= 11 is 0. The molecule has 1 amide bonds. The summed E-state index contributed by atoms with van der Waals surface area (Å²) < 4.78 is 5.29. The van der Waals surface area contributed by atoms with Crippen LogP contribution in [-0.2, 0) is 9.53 Å². The number of hydrogen-bond donors (Lipinski definition) is 1. The molecule has 0 aliphatic carbocycles. The topological polar surface area (TPSA) is 97.1 Å². The number of nitro groups is 1. The monoisotopic (exact) mass is 318 g/mol. The highest BCUT2D eigenvalue weighted by molar-refractivity contribution is 6.06. The summed E-state index contributed by atoms with van der Waals surface area (Å²) in [7, 11) is 0. The van der Waals surface area contributed by atoms with E-state index in [1.54, 1.807) is 6.07 Å². The number of hydrogen-bond acceptors (Lipinski definition) is 6. The third-order valence-electron chi connectivity index (χ3n) is 4.08. The van der Waals surface area contributed by atoms with Gasteiger partial charge in [0.2, 0.25) is 5.91 Å². The molecule has 0 bridgehead atoms. The number of hydrazone groups is 1. The number of ether oxygens (including phenoxy) is 1. The molecular formula is C15H18N4O4. The standard InChI is InChI=1S/C15H18N4O4/c1-10-8-14(20)16-17-15(10)11-2-3-12(13(9-11)19(21)22)18-4-6-23-7-5-18/h2-3,9-10H,4-8H2,1H3,(H,16,20)/t10-/m0/s1. The van der Waals surface area contributed by atoms with Crippen molar-refractivity contribution in [1.82, 2.24) is 5.43 Å². The molecule has 8 nitrogen and oxygen atoms in total. The van der Waals surface area contributed by atoms with Gasteiger partial charge in [-0.25, -0.2) is 5.43 Å². The van der Waals surface area contributed by atoms with Gasteiger partial charge in [-0.1, -0.05) is 13.0 Å². The zero-order chi connectivity index (χ0) is 16.4. The van der Waals surface area contributed by atoms with Gasteiger partial charge in [-0.15, -0.1) is 0 Å². The highest BCUT2D eigenvalue weighted by atomic mass is 16.6. The lowest BCUT2D eigenvalue weighted by molar-refractivity contribution is -0.384. The van der Waals surface area contributed by atoms with Crippen molar-refractivity contribution in [2.75, 3.05) is 31.2 Å². The van der Waals surface area contributed by atoms with Crippen molar-refractivity contribution >= 4 is 23.0 Å². The normalized spacial score (nSPS) is 21.6. The number of carbonyl (C=O) groups excluding carboxylic acids is 1. The number of amides is 1. The molecule has 2 heterocycles. The lowest BCUT2D eigenvalue weighted by atomic mass is 9.93. The van der Waals surface area contributed by atoms with Gasteiger partial charge in [0.25, 0.3) is 5.69 Å². The minimum absolute atomic E-state index is 0.0520. The van der Waals surface area contributed by atoms with E-state index in [4.69, 9.17) is 4.74 Å². The number of benzene rings is 1. The van der Waals surface area contributed by atoms with Crippen LogP contribution in [0.25, 0.3) is 0 Å². The van der Waals surface area contributed by atoms with E-state index in [0.29, 0.717) is 49.7 Å². The molecule has 23 heavy (non-hydrogen) atoms. The average molecular weight is 318 g/mol. The van der Waals surface area contributed by atoms with Gasteiger partial charge in [-0.2, -0.15) is 5.10 Å². The van der Waals surface area contributed by atoms with Crippen LogP contribution in [0.2, 0.25) is 0 Å². The third kappa shape index (κ3) is 3.16. The van der Waals surface area contributed by atoms with E-state index >= 15 is 0 Å². The van der Waals surface area contributed by atoms with Gasteiger partial charge in [0.05, 0.1) is 23.8 Å². The van der Waals surface area contributed by atoms with Crippen LogP contribution >= 0.6 is 0 Å². The summed E-state index contributed by atoms with van der Waals surface area (Å²) in [4.78, 5) is 24.4. The van der Waals surface area contributed by atoms with Crippen LogP contribution in [-0.4, -0.2) is 42.8 Å². The van der Waals surface area contributed by atoms with Crippen LogP contribution in [0.3, 0.4) is 0 Å². The second-order valence-corrected chi connectivity index (χ2v) is 5.70. The molecule has 1 saturated heterocycles. The Hall–Kier alpha value is -2.48. The van der Waals surface area contributed by atoms with Crippen molar-refractivity contribution in [3.8, 4) is 0 Å². The Morgan fingerprint density at radius 2 is 2.13 bits per heavy atom. The number of carbonyl (C=O) groups is 1. The van der Waals surface area contributed by atoms with Gasteiger partial charge in [-0.3, -0.25) is 14.9 Å². The maximum Gasteiger partial charge on any atom is 0.293 e. The Morgan fingerprint density at radius 3 is 2.78 bits per heavy atom. The number of morpholine rings is 1. The van der Waals surface area contributed by atoms with Crippen molar-refractivity contribution in [3.05, 3.63) is 33.9 Å². The van der Waals surface area contributed by atoms with Crippen molar-refractivity contribution in [2.24, 2.45) is 11.0 Å². The third-order valence-corrected chi connectivity index (χ3v) is 4.08. The van der Waals surface area contributed by atoms with Crippen LogP contribution in [0.15, 0.2) is 23.3 Å². The van der Waals surface area contributed by atoms with Gasteiger partial charge in [-0.05, 0) is 6.07 Å². The fraction of sp³-hybridized carbons (Fsp3) is 0.467. The van der Waals surface area contributed by atoms with Crippen LogP contribution in [0.1, 0.15) is 18.9 Å². The Labute approximate surface area is 133 Å². The zero-order valence-corrected chi connectivity index (χ0v) is 12.8. The molecule has 1 fully saturated rings. The number of nitro benzene ring substituents is 1. The summed E-state index contributed by atoms with van der Waals surface area (Å²) in [6.45, 7) is 4.28. The molecule has 0 radical (unpaired) electrons. The molecule has 2 aliphatic heterocycles. The number of nitrogens with one attached hydrogen (secondary N) is 1. The Balaban J connectivity index is 1.96. The molecule has 0 unspecified atom stereocenters. The largest absolute Gasteiger partial charge is 0.378 e. The first-order valence-corrected chi connectivity index (χ1v) is 7.54. The highest BCUT2D eigenvalue weighted by Gasteiger charge is 2.26. The number of nitrogens with zero attached hydrogens (tertiary/aromatic N) is 3. The molecule has 122 valence electrons. The van der Waals surface area contributed by atoms with Gasteiger partial charge in [0, 0.05) is 37.1 Å². The number of anilines is 1. The molecular weight excluding hydrogens is 300 g/mol. The van der Waals surface area contributed by atoms with Crippen molar-refractivity contribution in [1.29, 1.82) is 0 Å². The van der Waals surface area contributed by atoms with Gasteiger partial charge < -0.3 is 9.64 Å². The predicted molar refractivity (Wildman–Crippen MR) is 84.6 cm³/mol. The summed E-state index contributed by atoms with van der Waals surface area (Å²) in [5, 5.41) is 15.5. The van der Waals surface area contributed by atoms with Crippen LogP contribution in [0.4, 0.5) is 11.4 Å². The minimum Gasteiger partial charge on any atom is -0.378 e. The molecule has 0 spiro atoms. The smallest absolute Gasteiger partial charge is 0.293 e. The van der Waals surface area contributed by atoms with Crippen LogP contribution in [0.5, 0.6) is 0 Å². The molecule has 1 aromatic carbocycles. The van der Waals surface area contributed by atoms with Crippen molar-refractivity contribution in [2.45, 2.75) is 13.3 Å². The molecule has 1 N–H and O–H groups in total. The summed E-state index contributed by atoms with van der Waals surface area (Å²) in [6, 6.07) is 5.12. The Morgan fingerprint density at radius 1 is 1.39 bits per heavy atom. The highest BCUT2D eigenvalue weighted by Crippen LogP contribution is 2.31. The molecule has 0 saturated carbocycles. The fourth-order valence-corrected chi connectivity index (χ4v) is 2.90. The molecule has 0 aromatic heterocycles. The van der Waals surface area contributed by atoms with Gasteiger partial charge in [0.1, 0.15) is 5.69 Å². The molecule has 2 aliphatic rings. The van der Waals surface area contributed by atoms with E-state index in [2.05, 4.69) is 10.5 Å². The maximum absolute atomic E-state index is 11.5. The molecule has 3 rings (SSSR count). The van der Waals surface area contributed by atoms with Gasteiger partial charge >= 0.3 is 0 Å². The SMILES string of the molecule is C[C@H]1CC(=O)NN=C1c1ccc(N2CCOCC2)c([N+](=O)[O-])c1. The summed E-state index contributed by atoms with van der Waals surface area (Å²) in [5.41, 5.74) is 4.42. The van der Waals surface area contributed by atoms with E-state index < -0.39 is 0 Å². The zero-order valence-electron chi connectivity index (χ0n) is 12.8. The second-order valence-electron chi connectivity index (χ2n) is 5.70. The summed E-state index contributed by atoms with van der Waals surface area (Å²) in [5.74, 6) is -0.210. The molecule has 1 aromatic rings. The molecule has 1 atom stereocenters. The lowest BCUT2D eigenvalue weighted by Crippen LogP contribution is -2.36. The number of rotatable bonds is 3. The lowest BCUT2D eigenvalue weighted by Gasteiger charge is -2.28. The first-order chi connectivity index (χ1) is 11.1. The minimum atomic E-state index is -0.374. The Kier molecular flexibility index (Phi) is 4.24. The van der Waals surface area contributed by atoms with E-state index in [9.17, 15) is 14.9 Å². The van der Waals surface area contributed by atoms with Crippen LogP contribution in [0, 0.1) is 16.0 Å². The summed E-state index contributed by atoms with van der Waals surface area (Å²) in [6.07, 6.45) is 0.331. The van der Waals surface area contributed by atoms with E-state index in [-0.39, 0.29) is 22.4 Å². The van der Waals surface area contributed by atoms with E-state index in [1.807, 2.05) is 17.9 Å². The quantitative estimate of drug-likeness (QED) is 0.669. The van der Waals surface area contributed by atoms with E-state index in [0.717, 1.165) is 0 Å². The Bertz CT molecular complexity index is 667. The van der Waals surface area contributed by atoms with Crippen LogP contribution < -0.4 is 10.3 Å². The predicted octanol–water partition coefficient (Wildman–Crippen LogP) is 1.29. The van der Waals surface area contributed by atoms with Gasteiger partial charge in [0.15, 0.2) is 0 Å². The molecule has 8 heteroatoms. The maximum atomic E-state index is 11.5. The van der Waals surface area contributed by atoms with Crippen molar-refractivity contribution in [3.63, 3.8) is 0 Å². The first-order valence-electron chi connectivity index (χ1n) is 7.54. The van der Waals surface area contributed by atoms with Crippen molar-refractivity contribution < 1.29 is 14.5 Å². The second kappa shape index (κ2) is 6.33. The fourth-order valence-electron chi connectivity index (χ4n) is 2.90. The first kappa shape index (κ1) is 15.4. The average Bonchev–Trinajstić information content (AvgIpc) is 2.55. The van der Waals surface area contributed by atoms with E-state index in [1.165, 1.54) is 6.07 Å².